The Balaban J connectivity index is 1.68. The molecule has 2 aromatic carbocycles. The maximum absolute atomic E-state index is 12.7. The molecule has 0 saturated carbocycles. The van der Waals surface area contributed by atoms with Crippen molar-refractivity contribution in [1.82, 2.24) is 10.6 Å². The van der Waals surface area contributed by atoms with Crippen molar-refractivity contribution in [3.63, 3.8) is 0 Å². The van der Waals surface area contributed by atoms with E-state index in [0.29, 0.717) is 24.8 Å². The van der Waals surface area contributed by atoms with E-state index < -0.39 is 6.10 Å². The molecule has 3 rings (SSSR count). The van der Waals surface area contributed by atoms with Crippen LogP contribution in [0.5, 0.6) is 0 Å². The molecule has 27 heavy (non-hydrogen) atoms. The lowest BCUT2D eigenvalue weighted by atomic mass is 10.0. The van der Waals surface area contributed by atoms with Crippen LogP contribution in [0.25, 0.3) is 11.1 Å². The SMILES string of the molecule is COCCNCC1CCOC(c2cccc(-c3ccc(Cl)cc3)c2)C(=O)N1. The zero-order valence-electron chi connectivity index (χ0n) is 15.4. The second-order valence-corrected chi connectivity index (χ2v) is 7.01. The Labute approximate surface area is 165 Å². The van der Waals surface area contributed by atoms with E-state index in [4.69, 9.17) is 21.1 Å². The zero-order valence-corrected chi connectivity index (χ0v) is 16.2. The molecule has 0 aromatic heterocycles. The lowest BCUT2D eigenvalue weighted by molar-refractivity contribution is -0.131. The second-order valence-electron chi connectivity index (χ2n) is 6.57. The molecule has 6 heteroatoms. The molecule has 0 spiro atoms. The van der Waals surface area contributed by atoms with Crippen LogP contribution in [0.3, 0.4) is 0 Å². The smallest absolute Gasteiger partial charge is 0.254 e. The summed E-state index contributed by atoms with van der Waals surface area (Å²) in [4.78, 5) is 12.7. The van der Waals surface area contributed by atoms with Gasteiger partial charge in [0.2, 0.25) is 0 Å². The van der Waals surface area contributed by atoms with Crippen LogP contribution < -0.4 is 10.6 Å². The average Bonchev–Trinajstić information content (AvgIpc) is 2.87. The molecule has 1 amide bonds. The van der Waals surface area contributed by atoms with Crippen molar-refractivity contribution in [3.8, 4) is 11.1 Å². The van der Waals surface area contributed by atoms with Crippen LogP contribution in [0.1, 0.15) is 18.1 Å². The van der Waals surface area contributed by atoms with Crippen molar-refractivity contribution in [3.05, 3.63) is 59.1 Å². The molecule has 144 valence electrons. The van der Waals surface area contributed by atoms with Gasteiger partial charge in [0.25, 0.3) is 5.91 Å². The second kappa shape index (κ2) is 9.85. The topological polar surface area (TPSA) is 59.6 Å². The number of rotatable bonds is 7. The van der Waals surface area contributed by atoms with Gasteiger partial charge >= 0.3 is 0 Å². The maximum atomic E-state index is 12.7. The summed E-state index contributed by atoms with van der Waals surface area (Å²) < 4.78 is 10.9. The molecule has 1 aliphatic heterocycles. The van der Waals surface area contributed by atoms with Crippen molar-refractivity contribution in [1.29, 1.82) is 0 Å². The first-order chi connectivity index (χ1) is 13.2. The summed E-state index contributed by atoms with van der Waals surface area (Å²) in [7, 11) is 1.67. The van der Waals surface area contributed by atoms with Gasteiger partial charge in [-0.2, -0.15) is 0 Å². The summed E-state index contributed by atoms with van der Waals surface area (Å²) in [5.41, 5.74) is 2.94. The van der Waals surface area contributed by atoms with Crippen molar-refractivity contribution < 1.29 is 14.3 Å². The lowest BCUT2D eigenvalue weighted by Crippen LogP contribution is -2.43. The van der Waals surface area contributed by atoms with E-state index in [0.717, 1.165) is 29.7 Å². The van der Waals surface area contributed by atoms with E-state index in [1.807, 2.05) is 48.5 Å². The third-order valence-corrected chi connectivity index (χ3v) is 4.83. The number of nitrogens with one attached hydrogen (secondary N) is 2. The summed E-state index contributed by atoms with van der Waals surface area (Å²) in [5.74, 6) is -0.0979. The van der Waals surface area contributed by atoms with Gasteiger partial charge in [0.1, 0.15) is 0 Å². The number of benzene rings is 2. The fourth-order valence-electron chi connectivity index (χ4n) is 3.13. The van der Waals surface area contributed by atoms with E-state index in [1.54, 1.807) is 7.11 Å². The number of methoxy groups -OCH3 is 1. The number of hydrogen-bond acceptors (Lipinski definition) is 4. The molecular formula is C21H25ClN2O3. The largest absolute Gasteiger partial charge is 0.383 e. The fraction of sp³-hybridized carbons (Fsp3) is 0.381. The van der Waals surface area contributed by atoms with Gasteiger partial charge in [-0.15, -0.1) is 0 Å². The van der Waals surface area contributed by atoms with Gasteiger partial charge in [-0.25, -0.2) is 0 Å². The standard InChI is InChI=1S/C21H25ClN2O3/c1-26-12-10-23-14-19-9-11-27-20(21(25)24-19)17-4-2-3-16(13-17)15-5-7-18(22)8-6-15/h2-8,13,19-20,23H,9-12,14H2,1H3,(H,24,25). The first-order valence-electron chi connectivity index (χ1n) is 9.15. The van der Waals surface area contributed by atoms with Crippen LogP contribution in [-0.2, 0) is 14.3 Å². The van der Waals surface area contributed by atoms with Crippen LogP contribution in [-0.4, -0.2) is 45.4 Å². The number of amides is 1. The molecule has 1 aliphatic rings. The quantitative estimate of drug-likeness (QED) is 0.715. The average molecular weight is 389 g/mol. The Morgan fingerprint density at radius 2 is 2.04 bits per heavy atom. The van der Waals surface area contributed by atoms with E-state index >= 15 is 0 Å². The van der Waals surface area contributed by atoms with Gasteiger partial charge in [0.15, 0.2) is 6.10 Å². The van der Waals surface area contributed by atoms with Gasteiger partial charge in [-0.3, -0.25) is 4.79 Å². The van der Waals surface area contributed by atoms with Gasteiger partial charge in [0, 0.05) is 31.3 Å². The van der Waals surface area contributed by atoms with Gasteiger partial charge in [0.05, 0.1) is 13.2 Å². The molecule has 1 fully saturated rings. The Hall–Kier alpha value is -1.92. The molecule has 5 nitrogen and oxygen atoms in total. The minimum absolute atomic E-state index is 0.0544. The van der Waals surface area contributed by atoms with Crippen LogP contribution in [0.2, 0.25) is 5.02 Å². The number of hydrogen-bond donors (Lipinski definition) is 2. The van der Waals surface area contributed by atoms with Crippen molar-refractivity contribution in [2.24, 2.45) is 0 Å². The Bertz CT molecular complexity index is 751. The molecule has 2 N–H and O–H groups in total. The predicted octanol–water partition coefficient (Wildman–Crippen LogP) is 3.19. The van der Waals surface area contributed by atoms with Crippen LogP contribution in [0, 0.1) is 0 Å². The summed E-state index contributed by atoms with van der Waals surface area (Å²) in [6.45, 7) is 2.65. The number of carbonyl (C=O) groups is 1. The lowest BCUT2D eigenvalue weighted by Gasteiger charge is -2.18. The molecule has 2 unspecified atom stereocenters. The van der Waals surface area contributed by atoms with Crippen LogP contribution >= 0.6 is 11.6 Å². The third-order valence-electron chi connectivity index (χ3n) is 4.58. The molecule has 2 aromatic rings. The highest BCUT2D eigenvalue weighted by Crippen LogP contribution is 2.27. The summed E-state index contributed by atoms with van der Waals surface area (Å²) in [5, 5.41) is 7.07. The Morgan fingerprint density at radius 1 is 1.22 bits per heavy atom. The van der Waals surface area contributed by atoms with Gasteiger partial charge in [-0.05, 0) is 41.3 Å². The summed E-state index contributed by atoms with van der Waals surface area (Å²) >= 11 is 5.97. The van der Waals surface area contributed by atoms with Crippen LogP contribution in [0.15, 0.2) is 48.5 Å². The normalized spacial score (nSPS) is 20.1. The first-order valence-corrected chi connectivity index (χ1v) is 9.52. The first kappa shape index (κ1) is 19.8. The molecule has 1 saturated heterocycles. The predicted molar refractivity (Wildman–Crippen MR) is 107 cm³/mol. The van der Waals surface area contributed by atoms with E-state index in [2.05, 4.69) is 10.6 Å². The summed E-state index contributed by atoms with van der Waals surface area (Å²) in [6.07, 6.45) is 0.181. The maximum Gasteiger partial charge on any atom is 0.254 e. The number of ether oxygens (including phenoxy) is 2. The van der Waals surface area contributed by atoms with Gasteiger partial charge in [-0.1, -0.05) is 41.9 Å². The van der Waals surface area contributed by atoms with Gasteiger partial charge < -0.3 is 20.1 Å². The van der Waals surface area contributed by atoms with Crippen LogP contribution in [0.4, 0.5) is 0 Å². The molecule has 2 atom stereocenters. The van der Waals surface area contributed by atoms with E-state index in [1.165, 1.54) is 0 Å². The third kappa shape index (κ3) is 5.53. The minimum atomic E-state index is -0.596. The highest BCUT2D eigenvalue weighted by atomic mass is 35.5. The fourth-order valence-corrected chi connectivity index (χ4v) is 3.25. The number of carbonyl (C=O) groups excluding carboxylic acids is 1. The highest BCUT2D eigenvalue weighted by Gasteiger charge is 2.27. The minimum Gasteiger partial charge on any atom is -0.383 e. The molecule has 0 aliphatic carbocycles. The monoisotopic (exact) mass is 388 g/mol. The highest BCUT2D eigenvalue weighted by molar-refractivity contribution is 6.30. The molecule has 1 heterocycles. The van der Waals surface area contributed by atoms with Crippen molar-refractivity contribution in [2.45, 2.75) is 18.6 Å². The Morgan fingerprint density at radius 3 is 2.81 bits per heavy atom. The van der Waals surface area contributed by atoms with E-state index in [-0.39, 0.29) is 11.9 Å². The summed E-state index contributed by atoms with van der Waals surface area (Å²) in [6, 6.07) is 15.6. The molecule has 0 bridgehead atoms. The van der Waals surface area contributed by atoms with Crippen molar-refractivity contribution >= 4 is 17.5 Å². The molecular weight excluding hydrogens is 364 g/mol. The number of halogens is 1. The molecule has 0 radical (unpaired) electrons. The zero-order chi connectivity index (χ0) is 19.1. The van der Waals surface area contributed by atoms with Crippen molar-refractivity contribution in [2.75, 3.05) is 33.4 Å². The van der Waals surface area contributed by atoms with E-state index in [9.17, 15) is 4.79 Å². The Kier molecular flexibility index (Phi) is 7.24.